The van der Waals surface area contributed by atoms with Gasteiger partial charge in [0, 0.05) is 19.4 Å². The van der Waals surface area contributed by atoms with Crippen LogP contribution in [-0.4, -0.2) is 36.1 Å². The maximum atomic E-state index is 5.47. The van der Waals surface area contributed by atoms with Gasteiger partial charge in [-0.25, -0.2) is 0 Å². The summed E-state index contributed by atoms with van der Waals surface area (Å²) in [6.07, 6.45) is 3.14. The van der Waals surface area contributed by atoms with Gasteiger partial charge in [0.2, 0.25) is 0 Å². The summed E-state index contributed by atoms with van der Waals surface area (Å²) in [6, 6.07) is 0. The number of aryl methyl sites for hydroxylation is 1. The number of hydrogen-bond acceptors (Lipinski definition) is 5. The normalized spacial score (nSPS) is 11.1. The summed E-state index contributed by atoms with van der Waals surface area (Å²) in [4.78, 5) is 8.34. The van der Waals surface area contributed by atoms with Gasteiger partial charge in [0.1, 0.15) is 0 Å². The Morgan fingerprint density at radius 2 is 1.82 bits per heavy atom. The lowest BCUT2D eigenvalue weighted by Gasteiger charge is -2.16. The lowest BCUT2D eigenvalue weighted by molar-refractivity contribution is -0.169. The minimum Gasteiger partial charge on any atom is -0.370 e. The molecule has 96 valence electrons. The lowest BCUT2D eigenvalue weighted by Crippen LogP contribution is -2.23. The molecular weight excluding hydrogens is 220 g/mol. The Bertz CT molecular complexity index is 297. The number of nitrogens with zero attached hydrogens (tertiary/aromatic N) is 2. The standard InChI is InChI=1S/C12H20N2O3/c1-4-16-12(17-5-2)9-15-8-11-7-13-10(3)6-14-11/h6-7,12H,4-5,8-9H2,1-3H3. The van der Waals surface area contributed by atoms with E-state index in [-0.39, 0.29) is 6.29 Å². The molecule has 0 aliphatic carbocycles. The topological polar surface area (TPSA) is 53.5 Å². The molecule has 1 aromatic rings. The highest BCUT2D eigenvalue weighted by molar-refractivity contribution is 4.99. The maximum Gasteiger partial charge on any atom is 0.180 e. The monoisotopic (exact) mass is 240 g/mol. The fourth-order valence-corrected chi connectivity index (χ4v) is 1.27. The average molecular weight is 240 g/mol. The van der Waals surface area contributed by atoms with Gasteiger partial charge in [0.05, 0.1) is 30.8 Å². The predicted molar refractivity (Wildman–Crippen MR) is 63.5 cm³/mol. The molecule has 1 heterocycles. The van der Waals surface area contributed by atoms with E-state index in [1.54, 1.807) is 12.4 Å². The summed E-state index contributed by atoms with van der Waals surface area (Å²) in [5, 5.41) is 0. The molecule has 0 saturated heterocycles. The second-order valence-corrected chi connectivity index (χ2v) is 3.50. The van der Waals surface area contributed by atoms with E-state index < -0.39 is 0 Å². The van der Waals surface area contributed by atoms with Crippen LogP contribution in [0.15, 0.2) is 12.4 Å². The number of ether oxygens (including phenoxy) is 3. The molecule has 0 aromatic carbocycles. The number of aromatic nitrogens is 2. The molecule has 1 rings (SSSR count). The van der Waals surface area contributed by atoms with E-state index in [9.17, 15) is 0 Å². The molecular formula is C12H20N2O3. The van der Waals surface area contributed by atoms with Gasteiger partial charge in [-0.1, -0.05) is 0 Å². The third-order valence-electron chi connectivity index (χ3n) is 2.04. The third-order valence-corrected chi connectivity index (χ3v) is 2.04. The summed E-state index contributed by atoms with van der Waals surface area (Å²) < 4.78 is 16.2. The summed E-state index contributed by atoms with van der Waals surface area (Å²) >= 11 is 0. The van der Waals surface area contributed by atoms with Crippen molar-refractivity contribution in [2.24, 2.45) is 0 Å². The Morgan fingerprint density at radius 3 is 2.35 bits per heavy atom. The van der Waals surface area contributed by atoms with Crippen LogP contribution in [0, 0.1) is 6.92 Å². The van der Waals surface area contributed by atoms with E-state index >= 15 is 0 Å². The fourth-order valence-electron chi connectivity index (χ4n) is 1.27. The minimum atomic E-state index is -0.302. The van der Waals surface area contributed by atoms with Gasteiger partial charge in [-0.2, -0.15) is 0 Å². The van der Waals surface area contributed by atoms with Gasteiger partial charge in [-0.15, -0.1) is 0 Å². The van der Waals surface area contributed by atoms with E-state index in [1.807, 2.05) is 20.8 Å². The van der Waals surface area contributed by atoms with Crippen LogP contribution in [0.25, 0.3) is 0 Å². The Balaban J connectivity index is 2.27. The second-order valence-electron chi connectivity index (χ2n) is 3.50. The molecule has 1 aromatic heterocycles. The van der Waals surface area contributed by atoms with Crippen molar-refractivity contribution in [3.05, 3.63) is 23.8 Å². The maximum absolute atomic E-state index is 5.47. The zero-order valence-corrected chi connectivity index (χ0v) is 10.7. The highest BCUT2D eigenvalue weighted by atomic mass is 16.7. The first kappa shape index (κ1) is 14.0. The van der Waals surface area contributed by atoms with Crippen molar-refractivity contribution in [3.63, 3.8) is 0 Å². The van der Waals surface area contributed by atoms with Crippen molar-refractivity contribution in [2.45, 2.75) is 33.7 Å². The quantitative estimate of drug-likeness (QED) is 0.647. The number of rotatable bonds is 8. The molecule has 0 atom stereocenters. The van der Waals surface area contributed by atoms with Crippen LogP contribution in [0.3, 0.4) is 0 Å². The van der Waals surface area contributed by atoms with E-state index in [1.165, 1.54) is 0 Å². The van der Waals surface area contributed by atoms with Crippen molar-refractivity contribution in [1.29, 1.82) is 0 Å². The van der Waals surface area contributed by atoms with Crippen LogP contribution >= 0.6 is 0 Å². The van der Waals surface area contributed by atoms with Crippen molar-refractivity contribution in [3.8, 4) is 0 Å². The molecule has 0 saturated carbocycles. The third kappa shape index (κ3) is 5.72. The second kappa shape index (κ2) is 8.11. The van der Waals surface area contributed by atoms with E-state index in [2.05, 4.69) is 9.97 Å². The van der Waals surface area contributed by atoms with Gasteiger partial charge in [-0.05, 0) is 20.8 Å². The molecule has 0 bridgehead atoms. The molecule has 17 heavy (non-hydrogen) atoms. The van der Waals surface area contributed by atoms with Crippen molar-refractivity contribution >= 4 is 0 Å². The minimum absolute atomic E-state index is 0.302. The van der Waals surface area contributed by atoms with Gasteiger partial charge in [-0.3, -0.25) is 9.97 Å². The summed E-state index contributed by atoms with van der Waals surface area (Å²) in [5.41, 5.74) is 1.71. The molecule has 0 aliphatic rings. The lowest BCUT2D eigenvalue weighted by atomic mass is 10.4. The highest BCUT2D eigenvalue weighted by Crippen LogP contribution is 2.00. The Hall–Kier alpha value is -1.04. The SMILES string of the molecule is CCOC(COCc1cnc(C)cn1)OCC. The zero-order valence-electron chi connectivity index (χ0n) is 10.7. The first-order valence-corrected chi connectivity index (χ1v) is 5.84. The Morgan fingerprint density at radius 1 is 1.12 bits per heavy atom. The Labute approximate surface area is 102 Å². The smallest absolute Gasteiger partial charge is 0.180 e. The molecule has 5 nitrogen and oxygen atoms in total. The molecule has 0 radical (unpaired) electrons. The van der Waals surface area contributed by atoms with Crippen LogP contribution in [0.5, 0.6) is 0 Å². The fraction of sp³-hybridized carbons (Fsp3) is 0.667. The van der Waals surface area contributed by atoms with Crippen LogP contribution in [0.2, 0.25) is 0 Å². The van der Waals surface area contributed by atoms with Crippen LogP contribution < -0.4 is 0 Å². The largest absolute Gasteiger partial charge is 0.370 e. The van der Waals surface area contributed by atoms with Gasteiger partial charge in [0.25, 0.3) is 0 Å². The molecule has 0 aliphatic heterocycles. The van der Waals surface area contributed by atoms with Crippen LogP contribution in [-0.2, 0) is 20.8 Å². The molecule has 0 N–H and O–H groups in total. The van der Waals surface area contributed by atoms with Crippen LogP contribution in [0.4, 0.5) is 0 Å². The van der Waals surface area contributed by atoms with Crippen LogP contribution in [0.1, 0.15) is 25.2 Å². The number of hydrogen-bond donors (Lipinski definition) is 0. The van der Waals surface area contributed by atoms with E-state index in [0.29, 0.717) is 26.4 Å². The summed E-state index contributed by atoms with van der Waals surface area (Å²) in [6.45, 7) is 7.80. The van der Waals surface area contributed by atoms with Gasteiger partial charge < -0.3 is 14.2 Å². The summed E-state index contributed by atoms with van der Waals surface area (Å²) in [7, 11) is 0. The van der Waals surface area contributed by atoms with Crippen molar-refractivity contribution < 1.29 is 14.2 Å². The average Bonchev–Trinajstić information content (AvgIpc) is 2.32. The van der Waals surface area contributed by atoms with Gasteiger partial charge in [0.15, 0.2) is 6.29 Å². The van der Waals surface area contributed by atoms with Crippen molar-refractivity contribution in [1.82, 2.24) is 9.97 Å². The molecule has 0 fully saturated rings. The first-order chi connectivity index (χ1) is 8.26. The highest BCUT2D eigenvalue weighted by Gasteiger charge is 2.08. The summed E-state index contributed by atoms with van der Waals surface area (Å²) in [5.74, 6) is 0. The predicted octanol–water partition coefficient (Wildman–Crippen LogP) is 1.70. The van der Waals surface area contributed by atoms with E-state index in [0.717, 1.165) is 11.4 Å². The molecule has 5 heteroatoms. The first-order valence-electron chi connectivity index (χ1n) is 5.84. The van der Waals surface area contributed by atoms with E-state index in [4.69, 9.17) is 14.2 Å². The molecule has 0 unspecified atom stereocenters. The zero-order chi connectivity index (χ0) is 12.5. The molecule has 0 amide bonds. The van der Waals surface area contributed by atoms with Gasteiger partial charge >= 0.3 is 0 Å². The van der Waals surface area contributed by atoms with Crippen molar-refractivity contribution in [2.75, 3.05) is 19.8 Å². The Kier molecular flexibility index (Phi) is 6.69. The molecule has 0 spiro atoms.